The molecule has 0 amide bonds. The number of aryl methyl sites for hydroxylation is 2. The molecule has 0 aliphatic rings. The highest BCUT2D eigenvalue weighted by atomic mass is 32.2. The molecule has 3 aromatic carbocycles. The fraction of sp³-hybridized carbons (Fsp3) is 0.115. The molecule has 5 nitrogen and oxygen atoms in total. The van der Waals surface area contributed by atoms with Gasteiger partial charge in [-0.2, -0.15) is 27.1 Å². The second-order valence-corrected chi connectivity index (χ2v) is 9.76. The number of benzene rings is 3. The van der Waals surface area contributed by atoms with Crippen LogP contribution >= 0.6 is 0 Å². The summed E-state index contributed by atoms with van der Waals surface area (Å²) in [6.07, 6.45) is -1.54. The van der Waals surface area contributed by atoms with E-state index >= 15 is 0 Å². The number of rotatable bonds is 5. The number of halogens is 8. The van der Waals surface area contributed by atoms with Gasteiger partial charge < -0.3 is 8.75 Å². The van der Waals surface area contributed by atoms with E-state index in [0.717, 1.165) is 12.1 Å². The average molecular weight is 585 g/mol. The summed E-state index contributed by atoms with van der Waals surface area (Å²) in [4.78, 5) is -0.177. The molecule has 5 aromatic rings. The molecule has 0 saturated carbocycles. The summed E-state index contributed by atoms with van der Waals surface area (Å²) in [5.74, 6) is -13.2. The maximum absolute atomic E-state index is 14.0. The summed E-state index contributed by atoms with van der Waals surface area (Å²) in [6.45, 7) is 0. The second-order valence-electron chi connectivity index (χ2n) is 8.65. The van der Waals surface area contributed by atoms with Crippen LogP contribution in [0.5, 0.6) is 5.75 Å². The van der Waals surface area contributed by atoms with E-state index in [1.807, 2.05) is 0 Å². The Hall–Kier alpha value is -4.20. The van der Waals surface area contributed by atoms with Gasteiger partial charge in [-0.25, -0.2) is 17.4 Å². The predicted octanol–water partition coefficient (Wildman–Crippen LogP) is 7.06. The standard InChI is InChI=1S/C26H15F8N3O2S/c1-36-11-17(14-5-3-12(26(32,33)34)9-16(14)18-7-8-35-37(18)2)15-6-4-13(10-19(15)36)40(38)39-25-23(30)21(28)20(27)22(29)24(25)31/h3-11H,1-2H3. The summed E-state index contributed by atoms with van der Waals surface area (Å²) in [7, 11) is 3.17. The molecule has 5 rings (SSSR count). The minimum atomic E-state index is -4.60. The topological polar surface area (TPSA) is 49.0 Å². The van der Waals surface area contributed by atoms with Gasteiger partial charge in [-0.1, -0.05) is 12.1 Å². The smallest absolute Gasteiger partial charge is 0.390 e. The number of aromatic nitrogens is 3. The number of alkyl halides is 3. The molecular formula is C26H15F8N3O2S. The predicted molar refractivity (Wildman–Crippen MR) is 129 cm³/mol. The highest BCUT2D eigenvalue weighted by Gasteiger charge is 2.32. The summed E-state index contributed by atoms with van der Waals surface area (Å²) in [5, 5.41) is 4.54. The Bertz CT molecular complexity index is 1800. The van der Waals surface area contributed by atoms with Crippen molar-refractivity contribution in [3.63, 3.8) is 0 Å². The van der Waals surface area contributed by atoms with Crippen molar-refractivity contribution in [2.45, 2.75) is 11.1 Å². The van der Waals surface area contributed by atoms with E-state index in [2.05, 4.69) is 9.28 Å². The van der Waals surface area contributed by atoms with Gasteiger partial charge in [0.05, 0.1) is 16.2 Å². The molecule has 0 saturated heterocycles. The average Bonchev–Trinajstić information content (AvgIpc) is 3.50. The van der Waals surface area contributed by atoms with Crippen molar-refractivity contribution >= 4 is 22.0 Å². The number of hydrogen-bond donors (Lipinski definition) is 0. The fourth-order valence-corrected chi connectivity index (χ4v) is 5.05. The van der Waals surface area contributed by atoms with E-state index in [1.54, 1.807) is 30.9 Å². The molecule has 1 atom stereocenters. The Morgan fingerprint density at radius 1 is 0.800 bits per heavy atom. The van der Waals surface area contributed by atoms with Crippen molar-refractivity contribution in [3.05, 3.63) is 89.5 Å². The summed E-state index contributed by atoms with van der Waals surface area (Å²) in [5.41, 5.74) is 1.10. The second kappa shape index (κ2) is 9.77. The Labute approximate surface area is 222 Å². The van der Waals surface area contributed by atoms with Crippen LogP contribution < -0.4 is 4.18 Å². The lowest BCUT2D eigenvalue weighted by atomic mass is 9.95. The Kier molecular flexibility index (Phi) is 6.68. The van der Waals surface area contributed by atoms with Crippen LogP contribution in [0.1, 0.15) is 5.56 Å². The quantitative estimate of drug-likeness (QED) is 0.126. The first-order chi connectivity index (χ1) is 18.8. The zero-order valence-electron chi connectivity index (χ0n) is 20.3. The lowest BCUT2D eigenvalue weighted by molar-refractivity contribution is -0.137. The molecular weight excluding hydrogens is 570 g/mol. The monoisotopic (exact) mass is 585 g/mol. The molecule has 208 valence electrons. The van der Waals surface area contributed by atoms with E-state index in [9.17, 15) is 39.3 Å². The van der Waals surface area contributed by atoms with Gasteiger partial charge in [0.1, 0.15) is 0 Å². The Balaban J connectivity index is 1.59. The van der Waals surface area contributed by atoms with Crippen molar-refractivity contribution in [3.8, 4) is 28.1 Å². The molecule has 0 spiro atoms. The third-order valence-electron chi connectivity index (χ3n) is 6.22. The SMILES string of the molecule is Cn1nccc1-c1cc(C(F)(F)F)ccc1-c1cn(C)c2cc(S(=O)Oc3c(F)c(F)c(F)c(F)c3F)ccc12. The van der Waals surface area contributed by atoms with Gasteiger partial charge in [0, 0.05) is 48.5 Å². The van der Waals surface area contributed by atoms with E-state index in [1.165, 1.54) is 35.1 Å². The van der Waals surface area contributed by atoms with Crippen LogP contribution in [0.25, 0.3) is 33.3 Å². The van der Waals surface area contributed by atoms with E-state index < -0.39 is 57.7 Å². The van der Waals surface area contributed by atoms with Crippen LogP contribution in [0, 0.1) is 29.1 Å². The third kappa shape index (κ3) is 4.51. The van der Waals surface area contributed by atoms with Gasteiger partial charge in [0.2, 0.25) is 45.9 Å². The van der Waals surface area contributed by atoms with Crippen LogP contribution in [0.2, 0.25) is 0 Å². The minimum absolute atomic E-state index is 0.177. The van der Waals surface area contributed by atoms with E-state index in [0.29, 0.717) is 27.7 Å². The van der Waals surface area contributed by atoms with Crippen LogP contribution in [-0.4, -0.2) is 18.6 Å². The van der Waals surface area contributed by atoms with Crippen LogP contribution in [-0.2, 0) is 31.4 Å². The molecule has 0 aliphatic heterocycles. The van der Waals surface area contributed by atoms with Crippen molar-refractivity contribution in [1.29, 1.82) is 0 Å². The molecule has 2 aromatic heterocycles. The maximum atomic E-state index is 14.0. The first-order valence-corrected chi connectivity index (χ1v) is 12.3. The van der Waals surface area contributed by atoms with Gasteiger partial charge >= 0.3 is 6.18 Å². The summed E-state index contributed by atoms with van der Waals surface area (Å²) in [6, 6.07) is 8.81. The molecule has 0 fully saturated rings. The van der Waals surface area contributed by atoms with Crippen LogP contribution in [0.3, 0.4) is 0 Å². The molecule has 40 heavy (non-hydrogen) atoms. The molecule has 1 unspecified atom stereocenters. The van der Waals surface area contributed by atoms with Crippen LogP contribution in [0.4, 0.5) is 35.1 Å². The zero-order chi connectivity index (χ0) is 29.1. The van der Waals surface area contributed by atoms with Gasteiger partial charge in [-0.3, -0.25) is 4.68 Å². The van der Waals surface area contributed by atoms with Gasteiger partial charge in [-0.15, -0.1) is 0 Å². The van der Waals surface area contributed by atoms with E-state index in [-0.39, 0.29) is 10.5 Å². The fourth-order valence-electron chi connectivity index (χ4n) is 4.27. The lowest BCUT2D eigenvalue weighted by Gasteiger charge is -2.14. The molecule has 2 heterocycles. The molecule has 0 bridgehead atoms. The highest BCUT2D eigenvalue weighted by Crippen LogP contribution is 2.41. The van der Waals surface area contributed by atoms with E-state index in [4.69, 9.17) is 0 Å². The first kappa shape index (κ1) is 27.4. The summed E-state index contributed by atoms with van der Waals surface area (Å²) >= 11 is -2.71. The first-order valence-electron chi connectivity index (χ1n) is 11.2. The van der Waals surface area contributed by atoms with Gasteiger partial charge in [0.25, 0.3) is 0 Å². The van der Waals surface area contributed by atoms with Gasteiger partial charge in [0.15, 0.2) is 0 Å². The largest absolute Gasteiger partial charge is 0.416 e. The molecule has 0 N–H and O–H groups in total. The van der Waals surface area contributed by atoms with Crippen molar-refractivity contribution in [1.82, 2.24) is 14.3 Å². The third-order valence-corrected chi connectivity index (χ3v) is 7.17. The van der Waals surface area contributed by atoms with Crippen molar-refractivity contribution in [2.75, 3.05) is 0 Å². The number of nitrogens with zero attached hydrogens (tertiary/aromatic N) is 3. The van der Waals surface area contributed by atoms with Crippen molar-refractivity contribution < 1.29 is 43.5 Å². The molecule has 0 aliphatic carbocycles. The molecule has 0 radical (unpaired) electrons. The van der Waals surface area contributed by atoms with Gasteiger partial charge in [-0.05, 0) is 35.9 Å². The zero-order valence-corrected chi connectivity index (χ0v) is 21.1. The normalized spacial score (nSPS) is 12.8. The summed E-state index contributed by atoms with van der Waals surface area (Å²) < 4.78 is 129. The number of hydrogen-bond acceptors (Lipinski definition) is 3. The van der Waals surface area contributed by atoms with Crippen molar-refractivity contribution in [2.24, 2.45) is 14.1 Å². The molecule has 14 heteroatoms. The Morgan fingerprint density at radius 2 is 1.45 bits per heavy atom. The highest BCUT2D eigenvalue weighted by molar-refractivity contribution is 7.80. The number of fused-ring (bicyclic) bond motifs is 1. The maximum Gasteiger partial charge on any atom is 0.416 e. The lowest BCUT2D eigenvalue weighted by Crippen LogP contribution is -2.09. The minimum Gasteiger partial charge on any atom is -0.390 e. The van der Waals surface area contributed by atoms with Crippen LogP contribution in [0.15, 0.2) is 59.8 Å². The Morgan fingerprint density at radius 3 is 2.05 bits per heavy atom.